The molecule has 2 aromatic rings. The van der Waals surface area contributed by atoms with E-state index in [9.17, 15) is 13.2 Å². The highest BCUT2D eigenvalue weighted by atomic mass is 35.5. The summed E-state index contributed by atoms with van der Waals surface area (Å²) in [5.74, 6) is 0.426. The quantitative estimate of drug-likeness (QED) is 0.712. The first-order valence-electron chi connectivity index (χ1n) is 8.75. The molecule has 1 unspecified atom stereocenters. The molecule has 9 heteroatoms. The molecule has 6 nitrogen and oxygen atoms in total. The predicted octanol–water partition coefficient (Wildman–Crippen LogP) is 3.29. The van der Waals surface area contributed by atoms with Crippen molar-refractivity contribution in [3.8, 4) is 5.75 Å². The Bertz CT molecular complexity index is 925. The number of carbonyl (C=O) groups is 1. The lowest BCUT2D eigenvalue weighted by atomic mass is 10.3. The number of piperazine rings is 1. The molecule has 1 heterocycles. The van der Waals surface area contributed by atoms with Gasteiger partial charge in [-0.15, -0.1) is 0 Å². The largest absolute Gasteiger partial charge is 0.481 e. The van der Waals surface area contributed by atoms with E-state index in [1.165, 1.54) is 16.4 Å². The standard InChI is InChI=1S/C19H20Cl2N2O4S/c1-14(27-15-6-3-2-4-7-15)19(24)22-10-12-23(13-11-22)28(25,26)18-16(20)8-5-9-17(18)21/h2-9,14H,10-13H2,1H3. The van der Waals surface area contributed by atoms with Gasteiger partial charge < -0.3 is 9.64 Å². The molecule has 150 valence electrons. The number of benzene rings is 2. The summed E-state index contributed by atoms with van der Waals surface area (Å²) in [6.45, 7) is 2.54. The zero-order valence-electron chi connectivity index (χ0n) is 15.2. The number of halogens is 2. The molecule has 1 saturated heterocycles. The van der Waals surface area contributed by atoms with Crippen LogP contribution in [0.1, 0.15) is 6.92 Å². The minimum Gasteiger partial charge on any atom is -0.481 e. The molecule has 0 N–H and O–H groups in total. The Kier molecular flexibility index (Phi) is 6.50. The van der Waals surface area contributed by atoms with E-state index in [0.29, 0.717) is 5.75 Å². The highest BCUT2D eigenvalue weighted by molar-refractivity contribution is 7.89. The molecule has 0 spiro atoms. The second kappa shape index (κ2) is 8.69. The van der Waals surface area contributed by atoms with Gasteiger partial charge in [-0.1, -0.05) is 47.5 Å². The van der Waals surface area contributed by atoms with E-state index in [-0.39, 0.29) is 47.0 Å². The van der Waals surface area contributed by atoms with Crippen LogP contribution in [0.15, 0.2) is 53.4 Å². The van der Waals surface area contributed by atoms with Crippen molar-refractivity contribution in [3.63, 3.8) is 0 Å². The molecule has 28 heavy (non-hydrogen) atoms. The molecule has 1 amide bonds. The lowest BCUT2D eigenvalue weighted by Crippen LogP contribution is -2.53. The Morgan fingerprint density at radius 2 is 1.54 bits per heavy atom. The Labute approximate surface area is 174 Å². The molecule has 0 aromatic heterocycles. The van der Waals surface area contributed by atoms with Crippen LogP contribution in [0.25, 0.3) is 0 Å². The van der Waals surface area contributed by atoms with Crippen LogP contribution < -0.4 is 4.74 Å². The predicted molar refractivity (Wildman–Crippen MR) is 108 cm³/mol. The van der Waals surface area contributed by atoms with Crippen LogP contribution in [0.4, 0.5) is 0 Å². The maximum absolute atomic E-state index is 12.9. The number of amides is 1. The van der Waals surface area contributed by atoms with Gasteiger partial charge in [-0.25, -0.2) is 8.42 Å². The van der Waals surface area contributed by atoms with Crippen molar-refractivity contribution in [2.75, 3.05) is 26.2 Å². The fraction of sp³-hybridized carbons (Fsp3) is 0.316. The SMILES string of the molecule is CC(Oc1ccccc1)C(=O)N1CCN(S(=O)(=O)c2c(Cl)cccc2Cl)CC1. The van der Waals surface area contributed by atoms with E-state index >= 15 is 0 Å². The van der Waals surface area contributed by atoms with Crippen molar-refractivity contribution >= 4 is 39.1 Å². The zero-order chi connectivity index (χ0) is 20.3. The van der Waals surface area contributed by atoms with Gasteiger partial charge in [0, 0.05) is 26.2 Å². The number of ether oxygens (including phenoxy) is 1. The number of carbonyl (C=O) groups excluding carboxylic acids is 1. The number of nitrogens with zero attached hydrogens (tertiary/aromatic N) is 2. The Morgan fingerprint density at radius 3 is 2.11 bits per heavy atom. The average molecular weight is 443 g/mol. The Balaban J connectivity index is 1.64. The number of hydrogen-bond donors (Lipinski definition) is 0. The first kappa shape index (κ1) is 20.9. The Hall–Kier alpha value is -1.80. The summed E-state index contributed by atoms with van der Waals surface area (Å²) in [5, 5.41) is 0.159. The van der Waals surface area contributed by atoms with Gasteiger partial charge in [-0.2, -0.15) is 4.31 Å². The van der Waals surface area contributed by atoms with Crippen molar-refractivity contribution in [1.29, 1.82) is 0 Å². The number of rotatable bonds is 5. The van der Waals surface area contributed by atoms with Crippen LogP contribution in [-0.4, -0.2) is 55.8 Å². The fourth-order valence-corrected chi connectivity index (χ4v) is 5.53. The van der Waals surface area contributed by atoms with Gasteiger partial charge in [-0.3, -0.25) is 4.79 Å². The molecule has 0 aliphatic carbocycles. The second-order valence-electron chi connectivity index (χ2n) is 6.35. The summed E-state index contributed by atoms with van der Waals surface area (Å²) in [6.07, 6.45) is -0.663. The first-order chi connectivity index (χ1) is 13.3. The van der Waals surface area contributed by atoms with Gasteiger partial charge in [0.05, 0.1) is 10.0 Å². The van der Waals surface area contributed by atoms with E-state index in [0.717, 1.165) is 0 Å². The van der Waals surface area contributed by atoms with Gasteiger partial charge in [0.2, 0.25) is 10.0 Å². The zero-order valence-corrected chi connectivity index (χ0v) is 17.5. The third kappa shape index (κ3) is 4.43. The fourth-order valence-electron chi connectivity index (χ4n) is 3.02. The normalized spacial score (nSPS) is 16.6. The van der Waals surface area contributed by atoms with Crippen molar-refractivity contribution in [2.45, 2.75) is 17.9 Å². The van der Waals surface area contributed by atoms with E-state index in [2.05, 4.69) is 0 Å². The molecule has 1 aliphatic rings. The van der Waals surface area contributed by atoms with Crippen molar-refractivity contribution in [3.05, 3.63) is 58.6 Å². The van der Waals surface area contributed by atoms with E-state index in [4.69, 9.17) is 27.9 Å². The molecule has 2 aromatic carbocycles. The maximum Gasteiger partial charge on any atom is 0.263 e. The molecule has 0 bridgehead atoms. The van der Waals surface area contributed by atoms with Crippen LogP contribution in [0.3, 0.4) is 0 Å². The summed E-state index contributed by atoms with van der Waals surface area (Å²) in [5.41, 5.74) is 0. The van der Waals surface area contributed by atoms with Crippen molar-refractivity contribution in [1.82, 2.24) is 9.21 Å². The van der Waals surface area contributed by atoms with Crippen molar-refractivity contribution in [2.24, 2.45) is 0 Å². The Morgan fingerprint density at radius 1 is 0.964 bits per heavy atom. The summed E-state index contributed by atoms with van der Waals surface area (Å²) >= 11 is 12.1. The molecular formula is C19H20Cl2N2O4S. The molecule has 1 atom stereocenters. The highest BCUT2D eigenvalue weighted by Gasteiger charge is 2.34. The van der Waals surface area contributed by atoms with Crippen LogP contribution in [0.5, 0.6) is 5.75 Å². The smallest absolute Gasteiger partial charge is 0.263 e. The molecule has 0 radical (unpaired) electrons. The highest BCUT2D eigenvalue weighted by Crippen LogP contribution is 2.31. The minimum atomic E-state index is -3.84. The number of para-hydroxylation sites is 1. The summed E-state index contributed by atoms with van der Waals surface area (Å²) in [7, 11) is -3.84. The van der Waals surface area contributed by atoms with E-state index in [1.54, 1.807) is 30.0 Å². The van der Waals surface area contributed by atoms with Gasteiger partial charge in [0.1, 0.15) is 10.6 Å². The summed E-state index contributed by atoms with van der Waals surface area (Å²) < 4.78 is 32.8. The molecule has 1 aliphatic heterocycles. The van der Waals surface area contributed by atoms with Crippen LogP contribution in [0, 0.1) is 0 Å². The lowest BCUT2D eigenvalue weighted by Gasteiger charge is -2.35. The second-order valence-corrected chi connectivity index (χ2v) is 9.04. The van der Waals surface area contributed by atoms with E-state index in [1.807, 2.05) is 18.2 Å². The third-order valence-corrected chi connectivity index (χ3v) is 7.33. The van der Waals surface area contributed by atoms with Gasteiger partial charge in [0.25, 0.3) is 5.91 Å². The number of sulfonamides is 1. The first-order valence-corrected chi connectivity index (χ1v) is 10.9. The molecule has 1 fully saturated rings. The lowest BCUT2D eigenvalue weighted by molar-refractivity contribution is -0.139. The monoisotopic (exact) mass is 442 g/mol. The molecule has 3 rings (SSSR count). The third-order valence-electron chi connectivity index (χ3n) is 4.47. The van der Waals surface area contributed by atoms with Crippen LogP contribution >= 0.6 is 23.2 Å². The number of hydrogen-bond acceptors (Lipinski definition) is 4. The van der Waals surface area contributed by atoms with Crippen LogP contribution in [0.2, 0.25) is 10.0 Å². The van der Waals surface area contributed by atoms with Gasteiger partial charge >= 0.3 is 0 Å². The van der Waals surface area contributed by atoms with E-state index < -0.39 is 16.1 Å². The summed E-state index contributed by atoms with van der Waals surface area (Å²) in [6, 6.07) is 13.7. The van der Waals surface area contributed by atoms with Gasteiger partial charge in [0.15, 0.2) is 6.10 Å². The minimum absolute atomic E-state index is 0.0795. The molecule has 0 saturated carbocycles. The summed E-state index contributed by atoms with van der Waals surface area (Å²) in [4.78, 5) is 14.1. The topological polar surface area (TPSA) is 66.9 Å². The molecular weight excluding hydrogens is 423 g/mol. The maximum atomic E-state index is 12.9. The van der Waals surface area contributed by atoms with Crippen LogP contribution in [-0.2, 0) is 14.8 Å². The van der Waals surface area contributed by atoms with Gasteiger partial charge in [-0.05, 0) is 31.2 Å². The average Bonchev–Trinajstić information content (AvgIpc) is 2.68. The van der Waals surface area contributed by atoms with Crippen molar-refractivity contribution < 1.29 is 17.9 Å².